The molecule has 0 aliphatic carbocycles. The van der Waals surface area contributed by atoms with Crippen LogP contribution in [0, 0.1) is 10.1 Å². The number of hydrogen-bond acceptors (Lipinski definition) is 7. The third-order valence-corrected chi connectivity index (χ3v) is 3.95. The number of rotatable bonds is 8. The van der Waals surface area contributed by atoms with E-state index in [1.807, 2.05) is 0 Å². The molecule has 0 aliphatic rings. The van der Waals surface area contributed by atoms with Gasteiger partial charge in [-0.1, -0.05) is 0 Å². The lowest BCUT2D eigenvalue weighted by atomic mass is 10.3. The minimum Gasteiger partial charge on any atom is -0.490 e. The van der Waals surface area contributed by atoms with Crippen molar-refractivity contribution in [3.8, 4) is 5.75 Å². The third kappa shape index (κ3) is 4.63. The number of hydrogen-bond donors (Lipinski definition) is 2. The van der Waals surface area contributed by atoms with Crippen molar-refractivity contribution in [2.75, 3.05) is 27.4 Å². The highest BCUT2D eigenvalue weighted by Crippen LogP contribution is 2.29. The van der Waals surface area contributed by atoms with Crippen LogP contribution in [0.2, 0.25) is 0 Å². The molecule has 1 unspecified atom stereocenters. The molecule has 1 atom stereocenters. The summed E-state index contributed by atoms with van der Waals surface area (Å²) in [6.07, 6.45) is -1.02. The predicted molar refractivity (Wildman–Crippen MR) is 72.7 cm³/mol. The Labute approximate surface area is 121 Å². The molecule has 0 saturated heterocycles. The average molecular weight is 320 g/mol. The standard InChI is InChI=1S/C11H16N2O7S/c1-19-7-8(14)6-12-21(17,18)9-3-4-11(20-2)10(5-9)13(15)16/h3-5,8,12,14H,6-7H2,1-2H3. The number of benzene rings is 1. The van der Waals surface area contributed by atoms with E-state index in [4.69, 9.17) is 4.74 Å². The number of aliphatic hydroxyl groups excluding tert-OH is 1. The Kier molecular flexibility index (Phi) is 6.03. The molecule has 0 aliphatic heterocycles. The van der Waals surface area contributed by atoms with Gasteiger partial charge in [0.1, 0.15) is 0 Å². The molecule has 0 heterocycles. The summed E-state index contributed by atoms with van der Waals surface area (Å²) < 4.78 is 35.6. The number of ether oxygens (including phenoxy) is 2. The fourth-order valence-electron chi connectivity index (χ4n) is 1.52. The smallest absolute Gasteiger partial charge is 0.312 e. The average Bonchev–Trinajstić information content (AvgIpc) is 2.44. The molecule has 10 heteroatoms. The van der Waals surface area contributed by atoms with Gasteiger partial charge >= 0.3 is 5.69 Å². The summed E-state index contributed by atoms with van der Waals surface area (Å²) in [7, 11) is -1.37. The van der Waals surface area contributed by atoms with E-state index in [-0.39, 0.29) is 23.8 Å². The highest BCUT2D eigenvalue weighted by molar-refractivity contribution is 7.89. The Bertz CT molecular complexity index is 603. The minimum absolute atomic E-state index is 0.0364. The van der Waals surface area contributed by atoms with Gasteiger partial charge < -0.3 is 14.6 Å². The quantitative estimate of drug-likeness (QED) is 0.505. The monoisotopic (exact) mass is 320 g/mol. The van der Waals surface area contributed by atoms with E-state index in [1.54, 1.807) is 0 Å². The first-order valence-electron chi connectivity index (χ1n) is 5.81. The van der Waals surface area contributed by atoms with Gasteiger partial charge in [-0.05, 0) is 12.1 Å². The van der Waals surface area contributed by atoms with Crippen LogP contribution in [0.5, 0.6) is 5.75 Å². The van der Waals surface area contributed by atoms with Gasteiger partial charge in [0.15, 0.2) is 5.75 Å². The predicted octanol–water partition coefficient (Wildman–Crippen LogP) is -0.111. The molecule has 118 valence electrons. The van der Waals surface area contributed by atoms with Gasteiger partial charge in [-0.2, -0.15) is 0 Å². The summed E-state index contributed by atoms with van der Waals surface area (Å²) in [6, 6.07) is 3.26. The summed E-state index contributed by atoms with van der Waals surface area (Å²) in [5.41, 5.74) is -0.460. The molecule has 0 bridgehead atoms. The Morgan fingerprint density at radius 3 is 2.62 bits per heavy atom. The molecule has 0 spiro atoms. The van der Waals surface area contributed by atoms with E-state index < -0.39 is 26.7 Å². The third-order valence-electron chi connectivity index (χ3n) is 2.53. The summed E-state index contributed by atoms with van der Waals surface area (Å²) in [5, 5.41) is 20.3. The fraction of sp³-hybridized carbons (Fsp3) is 0.455. The van der Waals surface area contributed by atoms with E-state index in [0.717, 1.165) is 6.07 Å². The van der Waals surface area contributed by atoms with Crippen LogP contribution in [-0.4, -0.2) is 51.9 Å². The van der Waals surface area contributed by atoms with Crippen LogP contribution in [0.25, 0.3) is 0 Å². The van der Waals surface area contributed by atoms with E-state index in [2.05, 4.69) is 9.46 Å². The largest absolute Gasteiger partial charge is 0.490 e. The van der Waals surface area contributed by atoms with Crippen molar-refractivity contribution >= 4 is 15.7 Å². The highest BCUT2D eigenvalue weighted by atomic mass is 32.2. The Hall–Kier alpha value is -1.75. The zero-order chi connectivity index (χ0) is 16.0. The topological polar surface area (TPSA) is 128 Å². The number of sulfonamides is 1. The van der Waals surface area contributed by atoms with Crippen LogP contribution in [0.15, 0.2) is 23.1 Å². The van der Waals surface area contributed by atoms with Crippen molar-refractivity contribution in [1.29, 1.82) is 0 Å². The van der Waals surface area contributed by atoms with Crippen molar-refractivity contribution in [3.05, 3.63) is 28.3 Å². The minimum atomic E-state index is -3.98. The van der Waals surface area contributed by atoms with Gasteiger partial charge in [0.05, 0.1) is 29.6 Å². The normalized spacial score (nSPS) is 12.9. The van der Waals surface area contributed by atoms with E-state index in [9.17, 15) is 23.6 Å². The molecule has 9 nitrogen and oxygen atoms in total. The van der Waals surface area contributed by atoms with Crippen molar-refractivity contribution in [2.45, 2.75) is 11.0 Å². The molecule has 1 aromatic carbocycles. The SMILES string of the molecule is COCC(O)CNS(=O)(=O)c1ccc(OC)c([N+](=O)[O-])c1. The van der Waals surface area contributed by atoms with Crippen LogP contribution in [0.3, 0.4) is 0 Å². The molecule has 21 heavy (non-hydrogen) atoms. The molecule has 0 fully saturated rings. The van der Waals surface area contributed by atoms with E-state index >= 15 is 0 Å². The van der Waals surface area contributed by atoms with E-state index in [0.29, 0.717) is 0 Å². The number of aliphatic hydroxyl groups is 1. The first kappa shape index (κ1) is 17.3. The van der Waals surface area contributed by atoms with E-state index in [1.165, 1.54) is 26.4 Å². The van der Waals surface area contributed by atoms with Crippen molar-refractivity contribution in [3.63, 3.8) is 0 Å². The highest BCUT2D eigenvalue weighted by Gasteiger charge is 2.22. The number of nitrogens with one attached hydrogen (secondary N) is 1. The second kappa shape index (κ2) is 7.31. The maximum absolute atomic E-state index is 12.0. The van der Waals surface area contributed by atoms with Crippen LogP contribution in [0.1, 0.15) is 0 Å². The molecule has 2 N–H and O–H groups in total. The Balaban J connectivity index is 2.98. The van der Waals surface area contributed by atoms with Gasteiger partial charge in [0, 0.05) is 19.7 Å². The lowest BCUT2D eigenvalue weighted by Crippen LogP contribution is -2.34. The first-order chi connectivity index (χ1) is 9.81. The molecule has 0 saturated carbocycles. The summed E-state index contributed by atoms with van der Waals surface area (Å²) in [4.78, 5) is 9.83. The molecule has 0 aromatic heterocycles. The number of nitrogens with zero attached hydrogens (tertiary/aromatic N) is 1. The molecule has 1 aromatic rings. The Morgan fingerprint density at radius 1 is 1.43 bits per heavy atom. The number of nitro groups is 1. The van der Waals surface area contributed by atoms with Gasteiger partial charge in [0.2, 0.25) is 10.0 Å². The van der Waals surface area contributed by atoms with Crippen molar-refractivity contribution in [1.82, 2.24) is 4.72 Å². The van der Waals surface area contributed by atoms with Crippen LogP contribution < -0.4 is 9.46 Å². The van der Waals surface area contributed by atoms with Gasteiger partial charge in [-0.25, -0.2) is 13.1 Å². The summed E-state index contributed by atoms with van der Waals surface area (Å²) >= 11 is 0. The first-order valence-corrected chi connectivity index (χ1v) is 7.29. The second-order valence-electron chi connectivity index (χ2n) is 4.05. The maximum Gasteiger partial charge on any atom is 0.312 e. The van der Waals surface area contributed by atoms with Gasteiger partial charge in [-0.3, -0.25) is 10.1 Å². The molecule has 0 radical (unpaired) electrons. The summed E-state index contributed by atoms with van der Waals surface area (Å²) in [5.74, 6) is -0.0432. The van der Waals surface area contributed by atoms with Crippen molar-refractivity contribution < 1.29 is 27.9 Å². The molecule has 1 rings (SSSR count). The van der Waals surface area contributed by atoms with Gasteiger partial charge in [-0.15, -0.1) is 0 Å². The molecule has 0 amide bonds. The fourth-order valence-corrected chi connectivity index (χ4v) is 2.61. The lowest BCUT2D eigenvalue weighted by molar-refractivity contribution is -0.386. The van der Waals surface area contributed by atoms with Crippen LogP contribution in [0.4, 0.5) is 5.69 Å². The molecular weight excluding hydrogens is 304 g/mol. The van der Waals surface area contributed by atoms with Crippen LogP contribution in [-0.2, 0) is 14.8 Å². The number of methoxy groups -OCH3 is 2. The summed E-state index contributed by atoms with van der Waals surface area (Å²) in [6.45, 7) is -0.304. The lowest BCUT2D eigenvalue weighted by Gasteiger charge is -2.11. The second-order valence-corrected chi connectivity index (χ2v) is 5.82. The zero-order valence-electron chi connectivity index (χ0n) is 11.5. The molecular formula is C11H16N2O7S. The Morgan fingerprint density at radius 2 is 2.10 bits per heavy atom. The zero-order valence-corrected chi connectivity index (χ0v) is 12.3. The maximum atomic E-state index is 12.0. The van der Waals surface area contributed by atoms with Crippen molar-refractivity contribution in [2.24, 2.45) is 0 Å². The van der Waals surface area contributed by atoms with Crippen LogP contribution >= 0.6 is 0 Å². The number of nitro benzene ring substituents is 1. The van der Waals surface area contributed by atoms with Gasteiger partial charge in [0.25, 0.3) is 0 Å².